The summed E-state index contributed by atoms with van der Waals surface area (Å²) in [7, 11) is 0. The maximum absolute atomic E-state index is 13.2. The van der Waals surface area contributed by atoms with Crippen molar-refractivity contribution < 1.29 is 23.1 Å². The third-order valence-electron chi connectivity index (χ3n) is 5.40. The van der Waals surface area contributed by atoms with Gasteiger partial charge in [-0.1, -0.05) is 0 Å². The Morgan fingerprint density at radius 1 is 1.14 bits per heavy atom. The van der Waals surface area contributed by atoms with Crippen LogP contribution in [0.1, 0.15) is 61.7 Å². The van der Waals surface area contributed by atoms with Crippen LogP contribution in [0.2, 0.25) is 0 Å². The Bertz CT molecular complexity index is 805. The molecule has 2 amide bonds. The molecule has 3 rings (SSSR count). The summed E-state index contributed by atoms with van der Waals surface area (Å²) in [5, 5.41) is 0. The summed E-state index contributed by atoms with van der Waals surface area (Å²) >= 11 is 0. The fourth-order valence-electron chi connectivity index (χ4n) is 3.78. The summed E-state index contributed by atoms with van der Waals surface area (Å²) in [6, 6.07) is 0. The van der Waals surface area contributed by atoms with Gasteiger partial charge in [-0.3, -0.25) is 4.79 Å². The zero-order valence-corrected chi connectivity index (χ0v) is 17.0. The number of hydrogen-bond donors (Lipinski definition) is 0. The quantitative estimate of drug-likeness (QED) is 0.765. The van der Waals surface area contributed by atoms with Gasteiger partial charge in [0.1, 0.15) is 11.3 Å². The van der Waals surface area contributed by atoms with Crippen molar-refractivity contribution in [3.63, 3.8) is 0 Å². The van der Waals surface area contributed by atoms with Crippen molar-refractivity contribution in [3.8, 4) is 0 Å². The number of fused-ring (bicyclic) bond motifs is 1. The Labute approximate surface area is 163 Å². The van der Waals surface area contributed by atoms with E-state index in [1.54, 1.807) is 44.4 Å². The molecule has 0 spiro atoms. The van der Waals surface area contributed by atoms with E-state index in [4.69, 9.17) is 4.74 Å². The highest BCUT2D eigenvalue weighted by Crippen LogP contribution is 2.33. The first-order valence-corrected chi connectivity index (χ1v) is 9.51. The van der Waals surface area contributed by atoms with Crippen molar-refractivity contribution in [2.75, 3.05) is 13.1 Å². The zero-order chi connectivity index (χ0) is 20.8. The molecule has 28 heavy (non-hydrogen) atoms. The number of rotatable bonds is 2. The van der Waals surface area contributed by atoms with Crippen molar-refractivity contribution in [3.05, 3.63) is 28.1 Å². The number of pyridine rings is 1. The van der Waals surface area contributed by atoms with Gasteiger partial charge in [-0.25, -0.2) is 18.6 Å². The first kappa shape index (κ1) is 20.5. The molecule has 1 saturated heterocycles. The highest BCUT2D eigenvalue weighted by molar-refractivity contribution is 5.81. The number of halogens is 2. The average Bonchev–Trinajstić information content (AvgIpc) is 3.22. The lowest BCUT2D eigenvalue weighted by Gasteiger charge is -2.25. The van der Waals surface area contributed by atoms with Crippen LogP contribution in [0.15, 0.2) is 0 Å². The molecule has 3 heterocycles. The number of carbonyl (C=O) groups excluding carboxylic acids is 2. The van der Waals surface area contributed by atoms with Gasteiger partial charge in [0.25, 0.3) is 6.43 Å². The molecule has 0 N–H and O–H groups in total. The largest absolute Gasteiger partial charge is 0.444 e. The van der Waals surface area contributed by atoms with Gasteiger partial charge in [0, 0.05) is 19.6 Å². The van der Waals surface area contributed by atoms with Crippen LogP contribution in [-0.2, 0) is 22.6 Å². The normalized spacial score (nSPS) is 19.4. The standard InChI is InChI=1S/C20H27F2N3O3/c1-11-12(2)16(17(21)22)23-15-10-25(9-14(11)15)18(26)13-6-7-24(8-13)19(27)28-20(3,4)5/h13,17H,6-10H2,1-5H3/t13-/m1/s1. The number of nitrogens with zero attached hydrogens (tertiary/aromatic N) is 3. The molecular formula is C20H27F2N3O3. The fraction of sp³-hybridized carbons (Fsp3) is 0.650. The summed E-state index contributed by atoms with van der Waals surface area (Å²) in [6.45, 7) is 10.2. The number of likely N-dealkylation sites (tertiary alicyclic amines) is 1. The molecule has 2 aliphatic heterocycles. The Kier molecular flexibility index (Phi) is 5.34. The van der Waals surface area contributed by atoms with E-state index in [9.17, 15) is 18.4 Å². The number of aromatic nitrogens is 1. The molecule has 1 fully saturated rings. The molecule has 0 radical (unpaired) electrons. The van der Waals surface area contributed by atoms with E-state index in [1.807, 2.05) is 0 Å². The summed E-state index contributed by atoms with van der Waals surface area (Å²) in [5.41, 5.74) is 1.88. The van der Waals surface area contributed by atoms with Gasteiger partial charge in [-0.2, -0.15) is 0 Å². The van der Waals surface area contributed by atoms with Crippen LogP contribution in [0, 0.1) is 19.8 Å². The minimum Gasteiger partial charge on any atom is -0.444 e. The van der Waals surface area contributed by atoms with E-state index in [2.05, 4.69) is 4.98 Å². The van der Waals surface area contributed by atoms with Gasteiger partial charge in [0.05, 0.1) is 18.2 Å². The number of carbonyl (C=O) groups is 2. The van der Waals surface area contributed by atoms with E-state index >= 15 is 0 Å². The summed E-state index contributed by atoms with van der Waals surface area (Å²) in [6.07, 6.45) is -2.48. The second kappa shape index (κ2) is 7.29. The zero-order valence-electron chi connectivity index (χ0n) is 17.0. The van der Waals surface area contributed by atoms with E-state index < -0.39 is 18.1 Å². The average molecular weight is 395 g/mol. The van der Waals surface area contributed by atoms with Crippen LogP contribution < -0.4 is 0 Å². The molecule has 8 heteroatoms. The predicted molar refractivity (Wildman–Crippen MR) is 98.8 cm³/mol. The number of hydrogen-bond acceptors (Lipinski definition) is 4. The highest BCUT2D eigenvalue weighted by atomic mass is 19.3. The highest BCUT2D eigenvalue weighted by Gasteiger charge is 2.38. The molecule has 2 aliphatic rings. The van der Waals surface area contributed by atoms with Crippen LogP contribution in [0.3, 0.4) is 0 Å². The van der Waals surface area contributed by atoms with Gasteiger partial charge >= 0.3 is 6.09 Å². The first-order valence-electron chi connectivity index (χ1n) is 9.51. The molecule has 0 bridgehead atoms. The van der Waals surface area contributed by atoms with Crippen LogP contribution in [0.25, 0.3) is 0 Å². The predicted octanol–water partition coefficient (Wildman–Crippen LogP) is 3.74. The van der Waals surface area contributed by atoms with Crippen LogP contribution in [0.4, 0.5) is 13.6 Å². The number of amides is 2. The summed E-state index contributed by atoms with van der Waals surface area (Å²) < 4.78 is 31.8. The molecule has 1 aromatic rings. The molecule has 0 saturated carbocycles. The second-order valence-corrected chi connectivity index (χ2v) is 8.58. The maximum Gasteiger partial charge on any atom is 0.410 e. The minimum atomic E-state index is -2.63. The summed E-state index contributed by atoms with van der Waals surface area (Å²) in [5.74, 6) is -0.377. The second-order valence-electron chi connectivity index (χ2n) is 8.58. The minimum absolute atomic E-state index is 0.0697. The van der Waals surface area contributed by atoms with Crippen molar-refractivity contribution >= 4 is 12.0 Å². The lowest BCUT2D eigenvalue weighted by atomic mass is 10.0. The van der Waals surface area contributed by atoms with Gasteiger partial charge in [0.15, 0.2) is 0 Å². The number of ether oxygens (including phenoxy) is 1. The topological polar surface area (TPSA) is 62.7 Å². The lowest BCUT2D eigenvalue weighted by molar-refractivity contribution is -0.135. The Morgan fingerprint density at radius 2 is 1.82 bits per heavy atom. The monoisotopic (exact) mass is 395 g/mol. The van der Waals surface area contributed by atoms with Crippen molar-refractivity contribution in [1.29, 1.82) is 0 Å². The Balaban J connectivity index is 1.68. The smallest absolute Gasteiger partial charge is 0.410 e. The van der Waals surface area contributed by atoms with Gasteiger partial charge < -0.3 is 14.5 Å². The van der Waals surface area contributed by atoms with Crippen molar-refractivity contribution in [1.82, 2.24) is 14.8 Å². The Morgan fingerprint density at radius 3 is 2.43 bits per heavy atom. The van der Waals surface area contributed by atoms with E-state index in [-0.39, 0.29) is 24.1 Å². The molecule has 0 aliphatic carbocycles. The molecule has 154 valence electrons. The van der Waals surface area contributed by atoms with Crippen molar-refractivity contribution in [2.24, 2.45) is 5.92 Å². The van der Waals surface area contributed by atoms with Gasteiger partial charge in [-0.05, 0) is 57.7 Å². The van der Waals surface area contributed by atoms with Gasteiger partial charge in [0.2, 0.25) is 5.91 Å². The molecule has 6 nitrogen and oxygen atoms in total. The van der Waals surface area contributed by atoms with Gasteiger partial charge in [-0.15, -0.1) is 0 Å². The van der Waals surface area contributed by atoms with Crippen LogP contribution in [0.5, 0.6) is 0 Å². The van der Waals surface area contributed by atoms with E-state index in [1.165, 1.54) is 0 Å². The third-order valence-corrected chi connectivity index (χ3v) is 5.40. The third kappa shape index (κ3) is 3.95. The molecular weight excluding hydrogens is 368 g/mol. The maximum atomic E-state index is 13.2. The number of alkyl halides is 2. The molecule has 1 aromatic heterocycles. The molecule has 0 aromatic carbocycles. The van der Waals surface area contributed by atoms with Crippen LogP contribution >= 0.6 is 0 Å². The van der Waals surface area contributed by atoms with E-state index in [0.29, 0.717) is 37.3 Å². The first-order chi connectivity index (χ1) is 13.0. The molecule has 1 atom stereocenters. The SMILES string of the molecule is Cc1c(C(F)F)nc2c(c1C)CN(C(=O)[C@@H]1CCN(C(=O)OC(C)(C)C)C1)C2. The van der Waals surface area contributed by atoms with Crippen molar-refractivity contribution in [2.45, 2.75) is 66.2 Å². The van der Waals surface area contributed by atoms with E-state index in [0.717, 1.165) is 11.1 Å². The lowest BCUT2D eigenvalue weighted by Crippen LogP contribution is -2.37. The molecule has 0 unspecified atom stereocenters. The Hall–Kier alpha value is -2.25. The van der Waals surface area contributed by atoms with Crippen LogP contribution in [-0.4, -0.2) is 45.5 Å². The summed E-state index contributed by atoms with van der Waals surface area (Å²) in [4.78, 5) is 32.5. The fourth-order valence-corrected chi connectivity index (χ4v) is 3.78.